The van der Waals surface area contributed by atoms with Crippen molar-refractivity contribution in [2.75, 3.05) is 6.61 Å². The van der Waals surface area contributed by atoms with Crippen molar-refractivity contribution in [3.63, 3.8) is 0 Å². The zero-order valence-electron chi connectivity index (χ0n) is 16.4. The molecule has 154 valence electrons. The minimum atomic E-state index is -2.54. The van der Waals surface area contributed by atoms with E-state index in [2.05, 4.69) is 9.97 Å². The predicted octanol–water partition coefficient (Wildman–Crippen LogP) is 3.74. The van der Waals surface area contributed by atoms with Crippen molar-refractivity contribution in [2.45, 2.75) is 45.6 Å². The van der Waals surface area contributed by atoms with Crippen LogP contribution >= 0.6 is 0 Å². The van der Waals surface area contributed by atoms with Crippen molar-refractivity contribution < 1.29 is 18.3 Å². The summed E-state index contributed by atoms with van der Waals surface area (Å²) >= 11 is 0. The minimum Gasteiger partial charge on any atom is -0.471 e. The van der Waals surface area contributed by atoms with Crippen molar-refractivity contribution in [1.82, 2.24) is 9.97 Å². The summed E-state index contributed by atoms with van der Waals surface area (Å²) in [6.07, 6.45) is 2.60. The maximum absolute atomic E-state index is 12.5. The molecule has 0 aromatic carbocycles. The topological polar surface area (TPSA) is 90.5 Å². The van der Waals surface area contributed by atoms with Gasteiger partial charge in [0.15, 0.2) is 6.61 Å². The van der Waals surface area contributed by atoms with Gasteiger partial charge in [-0.1, -0.05) is 13.8 Å². The summed E-state index contributed by atoms with van der Waals surface area (Å²) in [5, 5.41) is 0. The van der Waals surface area contributed by atoms with Gasteiger partial charge < -0.3 is 10.5 Å². The number of aromatic nitrogens is 2. The van der Waals surface area contributed by atoms with Crippen LogP contribution in [0, 0.1) is 5.92 Å². The van der Waals surface area contributed by atoms with E-state index < -0.39 is 18.9 Å². The molecule has 0 atom stereocenters. The molecular weight excluding hydrogens is 378 g/mol. The van der Waals surface area contributed by atoms with E-state index in [0.29, 0.717) is 23.7 Å². The van der Waals surface area contributed by atoms with Gasteiger partial charge in [-0.05, 0) is 48.4 Å². The lowest BCUT2D eigenvalue weighted by atomic mass is 10.0. The highest BCUT2D eigenvalue weighted by Crippen LogP contribution is 2.44. The number of primary amides is 1. The highest BCUT2D eigenvalue weighted by molar-refractivity contribution is 6.02. The van der Waals surface area contributed by atoms with E-state index in [1.54, 1.807) is 18.3 Å². The lowest BCUT2D eigenvalue weighted by molar-refractivity contribution is 0.0790. The third-order valence-corrected chi connectivity index (χ3v) is 4.58. The fourth-order valence-electron chi connectivity index (χ4n) is 3.01. The molecule has 0 unspecified atom stereocenters. The van der Waals surface area contributed by atoms with Gasteiger partial charge in [0.1, 0.15) is 0 Å². The van der Waals surface area contributed by atoms with Crippen LogP contribution in [0.3, 0.4) is 0 Å². The predicted molar refractivity (Wildman–Crippen MR) is 106 cm³/mol. The van der Waals surface area contributed by atoms with Crippen LogP contribution in [0.15, 0.2) is 35.6 Å². The molecule has 1 amide bonds. The normalized spacial score (nSPS) is 14.5. The second-order valence-corrected chi connectivity index (χ2v) is 7.36. The van der Waals surface area contributed by atoms with E-state index in [-0.39, 0.29) is 11.8 Å². The Morgan fingerprint density at radius 3 is 2.69 bits per heavy atom. The Morgan fingerprint density at radius 1 is 1.31 bits per heavy atom. The van der Waals surface area contributed by atoms with Crippen molar-refractivity contribution in [3.8, 4) is 5.88 Å². The number of aliphatic imine (C=N–C) groups is 1. The third-order valence-electron chi connectivity index (χ3n) is 4.58. The monoisotopic (exact) mass is 402 g/mol. The van der Waals surface area contributed by atoms with Crippen molar-refractivity contribution in [2.24, 2.45) is 16.6 Å². The molecule has 1 saturated carbocycles. The number of rotatable bonds is 9. The Morgan fingerprint density at radius 2 is 2.07 bits per heavy atom. The number of carbonyl (C=O) groups excluding carboxylic acids is 1. The maximum Gasteiger partial charge on any atom is 0.272 e. The first-order chi connectivity index (χ1) is 13.8. The summed E-state index contributed by atoms with van der Waals surface area (Å²) in [6, 6.07) is 5.13. The lowest BCUT2D eigenvalue weighted by Crippen LogP contribution is -2.16. The molecule has 29 heavy (non-hydrogen) atoms. The number of nitrogens with two attached hydrogens (primary N) is 1. The standard InChI is InChI=1S/C21H24F2N4O2/c1-12(2)19(17-8-15(20(24)28)5-6-25-17)26-9-13-7-16(14-3-4-14)21(27-10-13)29-11-18(22)23/h5-8,10,12,14,18H,3-4,9,11H2,1-2H3,(H2,24,28). The van der Waals surface area contributed by atoms with Crippen LogP contribution in [0.5, 0.6) is 5.88 Å². The van der Waals surface area contributed by atoms with E-state index in [4.69, 9.17) is 15.5 Å². The van der Waals surface area contributed by atoms with Gasteiger partial charge in [0.25, 0.3) is 6.43 Å². The molecule has 1 aliphatic carbocycles. The summed E-state index contributed by atoms with van der Waals surface area (Å²) in [5.74, 6) is 0.141. The largest absolute Gasteiger partial charge is 0.471 e. The summed E-state index contributed by atoms with van der Waals surface area (Å²) in [4.78, 5) is 24.7. The molecule has 3 rings (SSSR count). The lowest BCUT2D eigenvalue weighted by Gasteiger charge is -2.13. The molecule has 0 bridgehead atoms. The van der Waals surface area contributed by atoms with Gasteiger partial charge in [-0.25, -0.2) is 13.8 Å². The highest BCUT2D eigenvalue weighted by atomic mass is 19.3. The Labute approximate surface area is 168 Å². The van der Waals surface area contributed by atoms with E-state index in [0.717, 1.165) is 29.7 Å². The van der Waals surface area contributed by atoms with Gasteiger partial charge in [0.2, 0.25) is 11.8 Å². The van der Waals surface area contributed by atoms with Crippen molar-refractivity contribution in [3.05, 3.63) is 53.0 Å². The summed E-state index contributed by atoms with van der Waals surface area (Å²) < 4.78 is 30.1. The van der Waals surface area contributed by atoms with Crippen LogP contribution < -0.4 is 10.5 Å². The minimum absolute atomic E-state index is 0.0788. The molecule has 0 aliphatic heterocycles. The second-order valence-electron chi connectivity index (χ2n) is 7.36. The Hall–Kier alpha value is -2.90. The zero-order valence-corrected chi connectivity index (χ0v) is 16.4. The van der Waals surface area contributed by atoms with E-state index >= 15 is 0 Å². The molecule has 1 aliphatic rings. The van der Waals surface area contributed by atoms with Gasteiger partial charge in [0.05, 0.1) is 18.0 Å². The molecule has 1 fully saturated rings. The molecule has 2 N–H and O–H groups in total. The fourth-order valence-corrected chi connectivity index (χ4v) is 3.01. The van der Waals surface area contributed by atoms with Crippen LogP contribution in [0.1, 0.15) is 59.8 Å². The number of nitrogens with zero attached hydrogens (tertiary/aromatic N) is 3. The molecule has 0 spiro atoms. The molecule has 2 heterocycles. The molecule has 2 aromatic heterocycles. The van der Waals surface area contributed by atoms with Crippen LogP contribution in [0.25, 0.3) is 0 Å². The van der Waals surface area contributed by atoms with E-state index in [9.17, 15) is 13.6 Å². The first-order valence-electron chi connectivity index (χ1n) is 9.55. The fraction of sp³-hybridized carbons (Fsp3) is 0.429. The quantitative estimate of drug-likeness (QED) is 0.647. The van der Waals surface area contributed by atoms with Crippen LogP contribution in [-0.2, 0) is 6.54 Å². The Kier molecular flexibility index (Phi) is 6.51. The molecule has 0 saturated heterocycles. The number of pyridine rings is 2. The molecule has 8 heteroatoms. The van der Waals surface area contributed by atoms with E-state index in [1.807, 2.05) is 19.9 Å². The second kappa shape index (κ2) is 9.07. The third kappa shape index (κ3) is 5.56. The maximum atomic E-state index is 12.5. The van der Waals surface area contributed by atoms with Crippen molar-refractivity contribution >= 4 is 11.6 Å². The average Bonchev–Trinajstić information content (AvgIpc) is 3.52. The first kappa shape index (κ1) is 20.8. The number of carbonyl (C=O) groups is 1. The van der Waals surface area contributed by atoms with Crippen LogP contribution in [0.4, 0.5) is 8.78 Å². The smallest absolute Gasteiger partial charge is 0.272 e. The Balaban J connectivity index is 1.83. The van der Waals surface area contributed by atoms with Gasteiger partial charge in [0, 0.05) is 23.5 Å². The van der Waals surface area contributed by atoms with E-state index in [1.165, 1.54) is 6.20 Å². The number of hydrogen-bond acceptors (Lipinski definition) is 5. The summed E-state index contributed by atoms with van der Waals surface area (Å²) in [7, 11) is 0. The Bertz CT molecular complexity index is 911. The van der Waals surface area contributed by atoms with Gasteiger partial charge in [-0.2, -0.15) is 0 Å². The summed E-state index contributed by atoms with van der Waals surface area (Å²) in [6.45, 7) is 3.68. The molecule has 2 aromatic rings. The molecule has 6 nitrogen and oxygen atoms in total. The first-order valence-corrected chi connectivity index (χ1v) is 9.55. The molecule has 0 radical (unpaired) electrons. The van der Waals surface area contributed by atoms with Gasteiger partial charge in [-0.15, -0.1) is 0 Å². The summed E-state index contributed by atoms with van der Waals surface area (Å²) in [5.41, 5.74) is 8.81. The SMILES string of the molecule is CC(C)C(=NCc1cnc(OCC(F)F)c(C2CC2)c1)c1cc(C(N)=O)ccn1. The number of hydrogen-bond donors (Lipinski definition) is 1. The van der Waals surface area contributed by atoms with Gasteiger partial charge in [-0.3, -0.25) is 14.8 Å². The van der Waals surface area contributed by atoms with Gasteiger partial charge >= 0.3 is 0 Å². The zero-order chi connectivity index (χ0) is 21.0. The number of halogens is 2. The highest BCUT2D eigenvalue weighted by Gasteiger charge is 2.28. The van der Waals surface area contributed by atoms with Crippen molar-refractivity contribution in [1.29, 1.82) is 0 Å². The number of alkyl halides is 2. The van der Waals surface area contributed by atoms with Crippen LogP contribution in [0.2, 0.25) is 0 Å². The number of ether oxygens (including phenoxy) is 1. The molecular formula is C21H24F2N4O2. The average molecular weight is 402 g/mol. The number of amides is 1. The van der Waals surface area contributed by atoms with Crippen LogP contribution in [-0.4, -0.2) is 34.6 Å².